The maximum Gasteiger partial charge on any atom is 0.268 e. The summed E-state index contributed by atoms with van der Waals surface area (Å²) in [6.07, 6.45) is 3.16. The van der Waals surface area contributed by atoms with Crippen LogP contribution in [0.4, 0.5) is 17.1 Å². The van der Waals surface area contributed by atoms with E-state index >= 15 is 0 Å². The Balaban J connectivity index is 2.00. The number of hydrogen-bond acceptors (Lipinski definition) is 8. The number of carbonyl (C=O) groups is 1. The summed E-state index contributed by atoms with van der Waals surface area (Å²) in [7, 11) is -2.87. The summed E-state index contributed by atoms with van der Waals surface area (Å²) in [5, 5.41) is 6.38. The fraction of sp³-hybridized carbons (Fsp3) is 0.0476. The molecule has 2 aromatic heterocycles. The van der Waals surface area contributed by atoms with Crippen molar-refractivity contribution in [2.75, 3.05) is 12.4 Å². The van der Waals surface area contributed by atoms with Gasteiger partial charge in [-0.05, 0) is 59.8 Å². The third-order valence-electron chi connectivity index (χ3n) is 4.81. The topological polar surface area (TPSA) is 146 Å². The van der Waals surface area contributed by atoms with Crippen LogP contribution in [0.25, 0.3) is 10.9 Å². The normalized spacial score (nSPS) is 11.3. The Morgan fingerprint density at radius 2 is 1.78 bits per heavy atom. The van der Waals surface area contributed by atoms with Crippen LogP contribution in [0.3, 0.4) is 0 Å². The van der Waals surface area contributed by atoms with Gasteiger partial charge >= 0.3 is 0 Å². The number of rotatable bonds is 7. The molecule has 1 amide bonds. The van der Waals surface area contributed by atoms with E-state index in [0.717, 1.165) is 3.97 Å². The highest BCUT2D eigenvalue weighted by Gasteiger charge is 2.28. The van der Waals surface area contributed by atoms with E-state index in [1.54, 1.807) is 30.6 Å². The largest absolute Gasteiger partial charge is 0.497 e. The second-order valence-corrected chi connectivity index (χ2v) is 8.47. The maximum absolute atomic E-state index is 13.5. The van der Waals surface area contributed by atoms with E-state index in [0.29, 0.717) is 17.1 Å². The molecule has 0 aliphatic rings. The smallest absolute Gasteiger partial charge is 0.268 e. The van der Waals surface area contributed by atoms with Crippen LogP contribution in [0.5, 0.6) is 5.75 Å². The molecule has 0 fully saturated rings. The van der Waals surface area contributed by atoms with Crippen LogP contribution in [0, 0.1) is 4.91 Å². The summed E-state index contributed by atoms with van der Waals surface area (Å²) in [6.45, 7) is 0. The number of anilines is 2. The number of benzene rings is 2. The number of nitrogens with zero attached hydrogens (tertiary/aromatic N) is 3. The summed E-state index contributed by atoms with van der Waals surface area (Å²) < 4.78 is 32.8. The SMILES string of the molecule is COc1ccc(S(=O)(=O)n2c(C(N)=O)cc3c(Nc4ccncc4)ccc(N=O)c32)cc1. The Bertz CT molecular complexity index is 1430. The second kappa shape index (κ2) is 8.12. The zero-order valence-corrected chi connectivity index (χ0v) is 17.5. The Morgan fingerprint density at radius 1 is 1.09 bits per heavy atom. The fourth-order valence-electron chi connectivity index (χ4n) is 3.32. The lowest BCUT2D eigenvalue weighted by Crippen LogP contribution is -2.22. The van der Waals surface area contributed by atoms with Gasteiger partial charge in [-0.3, -0.25) is 9.78 Å². The van der Waals surface area contributed by atoms with Crippen molar-refractivity contribution in [1.82, 2.24) is 8.96 Å². The summed E-state index contributed by atoms with van der Waals surface area (Å²) in [5.74, 6) is -0.527. The molecule has 0 unspecified atom stereocenters. The predicted octanol–water partition coefficient (Wildman–Crippen LogP) is 3.52. The number of carbonyl (C=O) groups excluding carboxylic acids is 1. The highest BCUT2D eigenvalue weighted by molar-refractivity contribution is 7.90. The van der Waals surface area contributed by atoms with Gasteiger partial charge in [-0.25, -0.2) is 12.4 Å². The summed E-state index contributed by atoms with van der Waals surface area (Å²) in [4.78, 5) is 27.6. The number of hydrogen-bond donors (Lipinski definition) is 2. The Labute approximate surface area is 182 Å². The maximum atomic E-state index is 13.5. The summed E-state index contributed by atoms with van der Waals surface area (Å²) >= 11 is 0. The van der Waals surface area contributed by atoms with Crippen LogP contribution >= 0.6 is 0 Å². The lowest BCUT2D eigenvalue weighted by atomic mass is 10.2. The van der Waals surface area contributed by atoms with E-state index in [2.05, 4.69) is 15.5 Å². The molecule has 0 saturated carbocycles. The average molecular weight is 451 g/mol. The van der Waals surface area contributed by atoms with Crippen LogP contribution in [0.15, 0.2) is 77.1 Å². The Hall–Kier alpha value is -4.25. The van der Waals surface area contributed by atoms with Crippen molar-refractivity contribution in [1.29, 1.82) is 0 Å². The van der Waals surface area contributed by atoms with Crippen LogP contribution in [-0.2, 0) is 10.0 Å². The number of amides is 1. The average Bonchev–Trinajstić information content (AvgIpc) is 3.23. The monoisotopic (exact) mass is 451 g/mol. The van der Waals surface area contributed by atoms with Gasteiger partial charge in [-0.15, -0.1) is 4.91 Å². The van der Waals surface area contributed by atoms with Gasteiger partial charge in [0.15, 0.2) is 0 Å². The molecular weight excluding hydrogens is 434 g/mol. The molecule has 10 nitrogen and oxygen atoms in total. The molecule has 162 valence electrons. The predicted molar refractivity (Wildman–Crippen MR) is 119 cm³/mol. The molecule has 0 saturated heterocycles. The molecule has 0 atom stereocenters. The minimum atomic E-state index is -4.32. The van der Waals surface area contributed by atoms with Crippen LogP contribution in [-0.4, -0.2) is 30.4 Å². The van der Waals surface area contributed by atoms with Crippen molar-refractivity contribution < 1.29 is 17.9 Å². The molecule has 0 bridgehead atoms. The number of nitroso groups, excluding NO2 is 1. The number of ether oxygens (including phenoxy) is 1. The summed E-state index contributed by atoms with van der Waals surface area (Å²) in [5.41, 5.74) is 6.08. The molecule has 2 aromatic carbocycles. The van der Waals surface area contributed by atoms with E-state index in [-0.39, 0.29) is 27.2 Å². The molecular formula is C21H17N5O5S. The molecule has 4 aromatic rings. The van der Waals surface area contributed by atoms with Gasteiger partial charge in [0.25, 0.3) is 15.9 Å². The number of pyridine rings is 1. The van der Waals surface area contributed by atoms with Gasteiger partial charge in [0.05, 0.1) is 17.5 Å². The molecule has 0 aliphatic heterocycles. The van der Waals surface area contributed by atoms with Crippen molar-refractivity contribution in [3.8, 4) is 5.75 Å². The first kappa shape index (κ1) is 21.0. The summed E-state index contributed by atoms with van der Waals surface area (Å²) in [6, 6.07) is 13.3. The van der Waals surface area contributed by atoms with Crippen molar-refractivity contribution in [3.63, 3.8) is 0 Å². The highest BCUT2D eigenvalue weighted by Crippen LogP contribution is 2.38. The highest BCUT2D eigenvalue weighted by atomic mass is 32.2. The molecule has 2 heterocycles. The van der Waals surface area contributed by atoms with E-state index < -0.39 is 15.9 Å². The minimum Gasteiger partial charge on any atom is -0.497 e. The molecule has 4 rings (SSSR count). The third kappa shape index (κ3) is 3.54. The van der Waals surface area contributed by atoms with Crippen LogP contribution in [0.1, 0.15) is 10.5 Å². The molecule has 0 radical (unpaired) electrons. The number of aromatic nitrogens is 2. The number of nitrogens with one attached hydrogen (secondary N) is 1. The van der Waals surface area contributed by atoms with Crippen molar-refractivity contribution in [3.05, 3.63) is 77.6 Å². The molecule has 32 heavy (non-hydrogen) atoms. The fourth-order valence-corrected chi connectivity index (χ4v) is 4.84. The zero-order valence-electron chi connectivity index (χ0n) is 16.7. The second-order valence-electron chi connectivity index (χ2n) is 6.69. The Kier molecular flexibility index (Phi) is 5.33. The first-order valence-corrected chi connectivity index (χ1v) is 10.7. The van der Waals surface area contributed by atoms with E-state index in [1.165, 1.54) is 43.5 Å². The van der Waals surface area contributed by atoms with Gasteiger partial charge < -0.3 is 15.8 Å². The van der Waals surface area contributed by atoms with Crippen LogP contribution in [0.2, 0.25) is 0 Å². The lowest BCUT2D eigenvalue weighted by molar-refractivity contribution is 0.0995. The van der Waals surface area contributed by atoms with E-state index in [4.69, 9.17) is 10.5 Å². The first-order valence-electron chi connectivity index (χ1n) is 9.25. The quantitative estimate of drug-likeness (QED) is 0.409. The van der Waals surface area contributed by atoms with Crippen molar-refractivity contribution in [2.45, 2.75) is 4.90 Å². The molecule has 11 heteroatoms. The van der Waals surface area contributed by atoms with E-state index in [1.807, 2.05) is 0 Å². The number of primary amides is 1. The van der Waals surface area contributed by atoms with Gasteiger partial charge in [-0.2, -0.15) is 0 Å². The molecule has 0 spiro atoms. The number of methoxy groups -OCH3 is 1. The van der Waals surface area contributed by atoms with Gasteiger partial charge in [-0.1, -0.05) is 0 Å². The zero-order chi connectivity index (χ0) is 22.9. The van der Waals surface area contributed by atoms with E-state index in [9.17, 15) is 18.1 Å². The van der Waals surface area contributed by atoms with Crippen molar-refractivity contribution >= 4 is 43.9 Å². The minimum absolute atomic E-state index is 0.0660. The van der Waals surface area contributed by atoms with Gasteiger partial charge in [0, 0.05) is 29.2 Å². The molecule has 3 N–H and O–H groups in total. The standard InChI is InChI=1S/C21H17N5O5S/c1-31-14-2-4-15(5-3-14)32(29,30)26-19(21(22)27)12-16-17(6-7-18(25-28)20(16)26)24-13-8-10-23-11-9-13/h2-12H,1H3,(H2,22,27)(H,23,24). The van der Waals surface area contributed by atoms with Gasteiger partial charge in [0.2, 0.25) is 0 Å². The number of nitrogens with two attached hydrogens (primary N) is 1. The van der Waals surface area contributed by atoms with Crippen LogP contribution < -0.4 is 15.8 Å². The van der Waals surface area contributed by atoms with Gasteiger partial charge in [0.1, 0.15) is 17.1 Å². The number of fused-ring (bicyclic) bond motifs is 1. The Morgan fingerprint density at radius 3 is 2.38 bits per heavy atom. The lowest BCUT2D eigenvalue weighted by Gasteiger charge is -2.13. The van der Waals surface area contributed by atoms with Crippen molar-refractivity contribution in [2.24, 2.45) is 10.9 Å². The third-order valence-corrected chi connectivity index (χ3v) is 6.53. The first-order chi connectivity index (χ1) is 15.4. The molecule has 0 aliphatic carbocycles.